The number of phenols is 1. The molecule has 1 heterocycles. The van der Waals surface area contributed by atoms with Gasteiger partial charge in [-0.15, -0.1) is 0 Å². The summed E-state index contributed by atoms with van der Waals surface area (Å²) < 4.78 is 24.5. The Morgan fingerprint density at radius 3 is 2.53 bits per heavy atom. The summed E-state index contributed by atoms with van der Waals surface area (Å²) in [6.45, 7) is 1.79. The van der Waals surface area contributed by atoms with Gasteiger partial charge in [0.15, 0.2) is 0 Å². The molecule has 0 aliphatic heterocycles. The molecule has 2 aromatic carbocycles. The smallest absolute Gasteiger partial charge is 0.342 e. The summed E-state index contributed by atoms with van der Waals surface area (Å²) in [4.78, 5) is 12.8. The number of aliphatic hydroxyl groups is 2. The van der Waals surface area contributed by atoms with Crippen molar-refractivity contribution in [1.29, 1.82) is 0 Å². The third kappa shape index (κ3) is 4.62. The number of carbonyl (C=O) groups is 1. The summed E-state index contributed by atoms with van der Waals surface area (Å²) in [6, 6.07) is 8.01. The molecule has 8 heteroatoms. The zero-order valence-electron chi connectivity index (χ0n) is 16.5. The van der Waals surface area contributed by atoms with E-state index in [1.54, 1.807) is 6.92 Å². The molecule has 0 fully saturated rings. The molecule has 0 amide bonds. The molecule has 0 atom stereocenters. The monoisotopic (exact) mass is 417 g/mol. The number of ether oxygens (including phenoxy) is 1. The van der Waals surface area contributed by atoms with Gasteiger partial charge in [0.2, 0.25) is 0 Å². The highest BCUT2D eigenvalue weighted by molar-refractivity contribution is 6.10. The topological polar surface area (TPSA) is 112 Å². The second-order valence-electron chi connectivity index (χ2n) is 6.78. The Kier molecular flexibility index (Phi) is 7.04. The van der Waals surface area contributed by atoms with Crippen LogP contribution in [0.3, 0.4) is 0 Å². The molecule has 0 radical (unpaired) electrons. The molecule has 7 nitrogen and oxygen atoms in total. The maximum absolute atomic E-state index is 13.4. The highest BCUT2D eigenvalue weighted by Gasteiger charge is 2.26. The second-order valence-corrected chi connectivity index (χ2v) is 6.78. The van der Waals surface area contributed by atoms with Gasteiger partial charge in [-0.3, -0.25) is 0 Å². The zero-order valence-corrected chi connectivity index (χ0v) is 16.5. The number of esters is 1. The van der Waals surface area contributed by atoms with Crippen LogP contribution in [0.25, 0.3) is 22.3 Å². The quantitative estimate of drug-likeness (QED) is 0.396. The molecule has 30 heavy (non-hydrogen) atoms. The third-order valence-corrected chi connectivity index (χ3v) is 4.71. The van der Waals surface area contributed by atoms with E-state index in [9.17, 15) is 24.5 Å². The Morgan fingerprint density at radius 1 is 1.20 bits per heavy atom. The fourth-order valence-electron chi connectivity index (χ4n) is 3.29. The van der Waals surface area contributed by atoms with E-state index in [2.05, 4.69) is 5.32 Å². The van der Waals surface area contributed by atoms with Gasteiger partial charge in [-0.25, -0.2) is 9.18 Å². The number of hydrogen-bond acceptors (Lipinski definition) is 7. The van der Waals surface area contributed by atoms with Crippen molar-refractivity contribution < 1.29 is 33.7 Å². The van der Waals surface area contributed by atoms with E-state index < -0.39 is 17.8 Å². The number of rotatable bonds is 9. The normalized spacial score (nSPS) is 11.4. The Bertz CT molecular complexity index is 1010. The predicted molar refractivity (Wildman–Crippen MR) is 109 cm³/mol. The molecular weight excluding hydrogens is 393 g/mol. The first-order valence-corrected chi connectivity index (χ1v) is 9.65. The molecule has 0 saturated heterocycles. The number of hydrogen-bond donors (Lipinski definition) is 4. The minimum atomic E-state index is -0.584. The number of furan rings is 1. The number of aromatic hydroxyl groups is 1. The molecule has 0 bridgehead atoms. The Labute approximate surface area is 172 Å². The number of phenolic OH excluding ortho intramolecular Hbond substituents is 1. The van der Waals surface area contributed by atoms with E-state index in [4.69, 9.17) is 9.15 Å². The zero-order chi connectivity index (χ0) is 21.7. The lowest BCUT2D eigenvalue weighted by Gasteiger charge is -2.13. The fraction of sp³-hybridized carbons (Fsp3) is 0.318. The molecular formula is C22H24FNO6. The van der Waals surface area contributed by atoms with Crippen LogP contribution >= 0.6 is 0 Å². The highest BCUT2D eigenvalue weighted by atomic mass is 19.1. The first-order valence-electron chi connectivity index (χ1n) is 9.65. The summed E-state index contributed by atoms with van der Waals surface area (Å²) in [5, 5.41) is 32.0. The lowest BCUT2D eigenvalue weighted by atomic mass is 9.99. The lowest BCUT2D eigenvalue weighted by Crippen LogP contribution is -2.36. The van der Waals surface area contributed by atoms with Crippen LogP contribution in [-0.4, -0.2) is 53.7 Å². The van der Waals surface area contributed by atoms with Crippen molar-refractivity contribution in [2.24, 2.45) is 0 Å². The van der Waals surface area contributed by atoms with E-state index in [1.807, 2.05) is 0 Å². The molecule has 0 aliphatic rings. The van der Waals surface area contributed by atoms with Crippen molar-refractivity contribution in [1.82, 2.24) is 5.32 Å². The maximum atomic E-state index is 13.4. The highest BCUT2D eigenvalue weighted by Crippen LogP contribution is 2.38. The standard InChI is InChI=1S/C22H24FNO6/c1-2-29-22(28)20-19-14(7-8-24-16(11-25)12-26)9-17(27)10-18(19)30-21(20)13-3-5-15(23)6-4-13/h3-6,9-10,16,24-27H,2,7-8,11-12H2,1H3. The summed E-state index contributed by atoms with van der Waals surface area (Å²) >= 11 is 0. The van der Waals surface area contributed by atoms with E-state index in [0.29, 0.717) is 35.1 Å². The minimum absolute atomic E-state index is 0.0341. The number of fused-ring (bicyclic) bond motifs is 1. The van der Waals surface area contributed by atoms with Crippen molar-refractivity contribution in [2.45, 2.75) is 19.4 Å². The van der Waals surface area contributed by atoms with Gasteiger partial charge in [0, 0.05) is 17.0 Å². The lowest BCUT2D eigenvalue weighted by molar-refractivity contribution is 0.0528. The van der Waals surface area contributed by atoms with Crippen LogP contribution in [0.2, 0.25) is 0 Å². The molecule has 0 aliphatic carbocycles. The summed E-state index contributed by atoms with van der Waals surface area (Å²) in [6.07, 6.45) is 0.385. The largest absolute Gasteiger partial charge is 0.508 e. The van der Waals surface area contributed by atoms with Crippen molar-refractivity contribution in [2.75, 3.05) is 26.4 Å². The van der Waals surface area contributed by atoms with E-state index >= 15 is 0 Å². The van der Waals surface area contributed by atoms with Gasteiger partial charge in [0.05, 0.1) is 25.9 Å². The molecule has 0 unspecified atom stereocenters. The van der Waals surface area contributed by atoms with E-state index in [-0.39, 0.29) is 36.9 Å². The summed E-state index contributed by atoms with van der Waals surface area (Å²) in [7, 11) is 0. The number of aliphatic hydroxyl groups excluding tert-OH is 2. The van der Waals surface area contributed by atoms with Gasteiger partial charge in [-0.1, -0.05) is 0 Å². The van der Waals surface area contributed by atoms with Gasteiger partial charge >= 0.3 is 5.97 Å². The fourth-order valence-corrected chi connectivity index (χ4v) is 3.29. The summed E-state index contributed by atoms with van der Waals surface area (Å²) in [5.74, 6) is -0.807. The molecule has 1 aromatic heterocycles. The van der Waals surface area contributed by atoms with Crippen LogP contribution in [0.15, 0.2) is 40.8 Å². The van der Waals surface area contributed by atoms with Crippen LogP contribution in [0.4, 0.5) is 4.39 Å². The van der Waals surface area contributed by atoms with E-state index in [1.165, 1.54) is 36.4 Å². The SMILES string of the molecule is CCOC(=O)c1c(-c2ccc(F)cc2)oc2cc(O)cc(CCNC(CO)CO)c12. The molecule has 3 rings (SSSR count). The number of nitrogens with one attached hydrogen (secondary N) is 1. The Balaban J connectivity index is 2.10. The van der Waals surface area contributed by atoms with Gasteiger partial charge in [-0.2, -0.15) is 0 Å². The summed E-state index contributed by atoms with van der Waals surface area (Å²) in [5.41, 5.74) is 1.63. The third-order valence-electron chi connectivity index (χ3n) is 4.71. The first-order chi connectivity index (χ1) is 14.5. The molecule has 0 saturated carbocycles. The number of carbonyl (C=O) groups excluding carboxylic acids is 1. The van der Waals surface area contributed by atoms with Crippen LogP contribution < -0.4 is 5.32 Å². The van der Waals surface area contributed by atoms with E-state index in [0.717, 1.165) is 0 Å². The average Bonchev–Trinajstić information content (AvgIpc) is 3.11. The van der Waals surface area contributed by atoms with Crippen LogP contribution in [-0.2, 0) is 11.2 Å². The Morgan fingerprint density at radius 2 is 1.90 bits per heavy atom. The molecule has 160 valence electrons. The molecule has 4 N–H and O–H groups in total. The van der Waals surface area contributed by atoms with Crippen LogP contribution in [0, 0.1) is 5.82 Å². The Hall–Kier alpha value is -2.94. The van der Waals surface area contributed by atoms with Crippen molar-refractivity contribution in [3.05, 3.63) is 53.3 Å². The van der Waals surface area contributed by atoms with Gasteiger partial charge in [-0.05, 0) is 55.8 Å². The molecule has 3 aromatic rings. The van der Waals surface area contributed by atoms with Crippen LogP contribution in [0.5, 0.6) is 5.75 Å². The maximum Gasteiger partial charge on any atom is 0.342 e. The first kappa shape index (κ1) is 21.8. The van der Waals surface area contributed by atoms with Crippen molar-refractivity contribution in [3.8, 4) is 17.1 Å². The van der Waals surface area contributed by atoms with Crippen molar-refractivity contribution in [3.63, 3.8) is 0 Å². The predicted octanol–water partition coefficient (Wildman–Crippen LogP) is 2.61. The van der Waals surface area contributed by atoms with Gasteiger partial charge < -0.3 is 29.8 Å². The second kappa shape index (κ2) is 9.71. The van der Waals surface area contributed by atoms with Gasteiger partial charge in [0.1, 0.15) is 28.5 Å². The number of halogens is 1. The minimum Gasteiger partial charge on any atom is -0.508 e. The molecule has 0 spiro atoms. The average molecular weight is 417 g/mol. The van der Waals surface area contributed by atoms with Gasteiger partial charge in [0.25, 0.3) is 0 Å². The number of benzene rings is 2. The van der Waals surface area contributed by atoms with Crippen molar-refractivity contribution >= 4 is 16.9 Å². The van der Waals surface area contributed by atoms with Crippen LogP contribution in [0.1, 0.15) is 22.8 Å².